The number of amides is 1. The fraction of sp³-hybridized carbons (Fsp3) is 0.0952. The van der Waals surface area contributed by atoms with Gasteiger partial charge in [0.1, 0.15) is 0 Å². The fourth-order valence-electron chi connectivity index (χ4n) is 2.76. The minimum atomic E-state index is -0.166. The molecule has 0 radical (unpaired) electrons. The van der Waals surface area contributed by atoms with Crippen molar-refractivity contribution in [2.75, 3.05) is 12.0 Å². The zero-order valence-corrected chi connectivity index (χ0v) is 17.3. The van der Waals surface area contributed by atoms with E-state index in [1.165, 1.54) is 36.3 Å². The molecule has 0 bridgehead atoms. The molecule has 0 aliphatic carbocycles. The zero-order valence-electron chi connectivity index (χ0n) is 15.7. The first-order chi connectivity index (χ1) is 14.0. The number of carbonyl (C=O) groups excluding carboxylic acids is 1. The molecule has 1 N–H and O–H groups in total. The molecule has 0 unspecified atom stereocenters. The smallest absolute Gasteiger partial charge is 0.271 e. The Balaban J connectivity index is 1.75. The lowest BCUT2D eigenvalue weighted by Crippen LogP contribution is -2.28. The van der Waals surface area contributed by atoms with Crippen molar-refractivity contribution in [2.24, 2.45) is 4.99 Å². The number of aliphatic imine (C=N–C) groups is 1. The number of hydrogen-bond acceptors (Lipinski definition) is 7. The van der Waals surface area contributed by atoms with Gasteiger partial charge < -0.3 is 9.84 Å². The number of phenolic OH excluding ortho intramolecular Hbond substituents is 1. The third kappa shape index (κ3) is 4.03. The normalized spacial score (nSPS) is 16.8. The Kier molecular flexibility index (Phi) is 5.37. The molecule has 1 saturated heterocycles. The number of hydrogen-bond donors (Lipinski definition) is 1. The molecule has 3 aromatic rings. The summed E-state index contributed by atoms with van der Waals surface area (Å²) in [5.41, 5.74) is 2.38. The highest BCUT2D eigenvalue weighted by Gasteiger charge is 2.35. The minimum absolute atomic E-state index is 0.0485. The van der Waals surface area contributed by atoms with Crippen molar-refractivity contribution in [2.45, 2.75) is 6.92 Å². The molecule has 2 heterocycles. The van der Waals surface area contributed by atoms with Crippen LogP contribution in [0.3, 0.4) is 0 Å². The predicted octanol–water partition coefficient (Wildman–Crippen LogP) is 4.97. The summed E-state index contributed by atoms with van der Waals surface area (Å²) in [5.74, 6) is 0.231. The monoisotopic (exact) mass is 423 g/mol. The van der Waals surface area contributed by atoms with Crippen molar-refractivity contribution in [3.63, 3.8) is 0 Å². The van der Waals surface area contributed by atoms with Gasteiger partial charge in [0.15, 0.2) is 16.7 Å². The van der Waals surface area contributed by atoms with E-state index < -0.39 is 0 Å². The molecule has 6 nitrogen and oxygen atoms in total. The van der Waals surface area contributed by atoms with E-state index in [0.717, 1.165) is 16.9 Å². The van der Waals surface area contributed by atoms with Crippen LogP contribution in [0.2, 0.25) is 0 Å². The van der Waals surface area contributed by atoms with Crippen LogP contribution in [0.25, 0.3) is 6.08 Å². The van der Waals surface area contributed by atoms with Crippen molar-refractivity contribution >= 4 is 51.1 Å². The van der Waals surface area contributed by atoms with Gasteiger partial charge in [-0.05, 0) is 54.6 Å². The number of thiazole rings is 1. The summed E-state index contributed by atoms with van der Waals surface area (Å²) in [5, 5.41) is 12.9. The third-order valence-corrected chi connectivity index (χ3v) is 5.94. The molecular formula is C21H17N3O3S2. The zero-order chi connectivity index (χ0) is 20.4. The van der Waals surface area contributed by atoms with Crippen molar-refractivity contribution in [3.8, 4) is 11.5 Å². The van der Waals surface area contributed by atoms with Gasteiger partial charge in [0.25, 0.3) is 5.91 Å². The number of nitrogens with zero attached hydrogens (tertiary/aromatic N) is 3. The molecule has 1 aromatic heterocycles. The molecule has 0 spiro atoms. The Bertz CT molecular complexity index is 1120. The average molecular weight is 424 g/mol. The second-order valence-corrected chi connectivity index (χ2v) is 8.03. The minimum Gasteiger partial charge on any atom is -0.504 e. The molecule has 29 heavy (non-hydrogen) atoms. The summed E-state index contributed by atoms with van der Waals surface area (Å²) < 4.78 is 5.16. The van der Waals surface area contributed by atoms with Gasteiger partial charge in [-0.15, -0.1) is 11.3 Å². The Morgan fingerprint density at radius 2 is 2.00 bits per heavy atom. The maximum absolute atomic E-state index is 13.2. The van der Waals surface area contributed by atoms with Crippen molar-refractivity contribution in [1.29, 1.82) is 0 Å². The molecule has 0 saturated carbocycles. The number of thioether (sulfide) groups is 1. The standard InChI is InChI=1S/C21H17N3O3S2/c1-13-12-28-20(22-13)23-21-24(15-6-4-3-5-7-15)19(26)18(29-21)11-14-8-9-16(25)17(10-14)27-2/h3-12,25H,1-2H3/b18-11-,23-21+. The highest BCUT2D eigenvalue weighted by Crippen LogP contribution is 2.38. The number of amidine groups is 1. The molecule has 2 aromatic carbocycles. The predicted molar refractivity (Wildman–Crippen MR) is 118 cm³/mol. The van der Waals surface area contributed by atoms with Crippen molar-refractivity contribution < 1.29 is 14.6 Å². The largest absolute Gasteiger partial charge is 0.504 e. The lowest BCUT2D eigenvalue weighted by Gasteiger charge is -2.14. The van der Waals surface area contributed by atoms with E-state index in [9.17, 15) is 9.90 Å². The van der Waals surface area contributed by atoms with E-state index in [2.05, 4.69) is 9.98 Å². The van der Waals surface area contributed by atoms with Gasteiger partial charge in [0.05, 0.1) is 23.4 Å². The van der Waals surface area contributed by atoms with E-state index >= 15 is 0 Å². The van der Waals surface area contributed by atoms with E-state index in [0.29, 0.717) is 21.0 Å². The summed E-state index contributed by atoms with van der Waals surface area (Å²) in [6, 6.07) is 14.3. The lowest BCUT2D eigenvalue weighted by molar-refractivity contribution is -0.113. The number of aryl methyl sites for hydroxylation is 1. The van der Waals surface area contributed by atoms with Crippen molar-refractivity contribution in [1.82, 2.24) is 4.98 Å². The first kappa shape index (κ1) is 19.2. The quantitative estimate of drug-likeness (QED) is 0.600. The van der Waals surface area contributed by atoms with Gasteiger partial charge in [-0.3, -0.25) is 9.69 Å². The number of phenols is 1. The van der Waals surface area contributed by atoms with Crippen LogP contribution in [0.4, 0.5) is 10.8 Å². The van der Waals surface area contributed by atoms with Crippen LogP contribution in [-0.4, -0.2) is 28.3 Å². The second kappa shape index (κ2) is 8.10. The van der Waals surface area contributed by atoms with Crippen molar-refractivity contribution in [3.05, 3.63) is 70.1 Å². The molecule has 0 atom stereocenters. The van der Waals surface area contributed by atoms with Gasteiger partial charge in [-0.25, -0.2) is 4.98 Å². The Morgan fingerprint density at radius 1 is 1.21 bits per heavy atom. The van der Waals surface area contributed by atoms with Crippen LogP contribution in [-0.2, 0) is 4.79 Å². The molecule has 146 valence electrons. The number of rotatable bonds is 4. The van der Waals surface area contributed by atoms with Gasteiger partial charge in [0, 0.05) is 5.38 Å². The second-order valence-electron chi connectivity index (χ2n) is 6.18. The van der Waals surface area contributed by atoms with Crippen LogP contribution < -0.4 is 9.64 Å². The number of methoxy groups -OCH3 is 1. The first-order valence-corrected chi connectivity index (χ1v) is 10.4. The number of anilines is 1. The van der Waals surface area contributed by atoms with E-state index in [4.69, 9.17) is 4.74 Å². The van der Waals surface area contributed by atoms with E-state index in [-0.39, 0.29) is 11.7 Å². The average Bonchev–Trinajstić information content (AvgIpc) is 3.27. The summed E-state index contributed by atoms with van der Waals surface area (Å²) in [4.78, 5) is 24.3. The van der Waals surface area contributed by atoms with Crippen LogP contribution in [0.1, 0.15) is 11.3 Å². The van der Waals surface area contributed by atoms with Gasteiger partial charge in [-0.1, -0.05) is 24.3 Å². The summed E-state index contributed by atoms with van der Waals surface area (Å²) >= 11 is 2.72. The molecule has 1 aliphatic heterocycles. The molecule has 1 amide bonds. The Labute approximate surface area is 176 Å². The number of aromatic nitrogens is 1. The third-order valence-electron chi connectivity index (χ3n) is 4.12. The Morgan fingerprint density at radius 3 is 2.69 bits per heavy atom. The molecular weight excluding hydrogens is 406 g/mol. The number of ether oxygens (including phenoxy) is 1. The van der Waals surface area contributed by atoms with Gasteiger partial charge in [0.2, 0.25) is 5.13 Å². The summed E-state index contributed by atoms with van der Waals surface area (Å²) in [6.07, 6.45) is 1.76. The summed E-state index contributed by atoms with van der Waals surface area (Å²) in [6.45, 7) is 1.91. The van der Waals surface area contributed by atoms with E-state index in [1.807, 2.05) is 42.6 Å². The topological polar surface area (TPSA) is 75.0 Å². The molecule has 4 rings (SSSR count). The van der Waals surface area contributed by atoms with Gasteiger partial charge in [-0.2, -0.15) is 4.99 Å². The van der Waals surface area contributed by atoms with Gasteiger partial charge >= 0.3 is 0 Å². The summed E-state index contributed by atoms with van der Waals surface area (Å²) in [7, 11) is 1.49. The van der Waals surface area contributed by atoms with Crippen LogP contribution in [0.5, 0.6) is 11.5 Å². The SMILES string of the molecule is COc1cc(/C=C2\S/C(=N/c3nc(C)cs3)N(c3ccccc3)C2=O)ccc1O. The van der Waals surface area contributed by atoms with Crippen LogP contribution in [0, 0.1) is 6.92 Å². The molecule has 1 aliphatic rings. The number of benzene rings is 2. The number of aromatic hydroxyl groups is 1. The molecule has 1 fully saturated rings. The highest BCUT2D eigenvalue weighted by molar-refractivity contribution is 8.19. The van der Waals surface area contributed by atoms with E-state index in [1.54, 1.807) is 23.1 Å². The number of para-hydroxylation sites is 1. The lowest BCUT2D eigenvalue weighted by atomic mass is 10.2. The highest BCUT2D eigenvalue weighted by atomic mass is 32.2. The maximum atomic E-state index is 13.2. The Hall–Kier alpha value is -3.10. The number of carbonyl (C=O) groups is 1. The van der Waals surface area contributed by atoms with Crippen LogP contribution in [0.15, 0.2) is 63.8 Å². The first-order valence-electron chi connectivity index (χ1n) is 8.72. The fourth-order valence-corrected chi connectivity index (χ4v) is 4.47. The maximum Gasteiger partial charge on any atom is 0.271 e. The van der Waals surface area contributed by atoms with Crippen LogP contribution >= 0.6 is 23.1 Å². The molecule has 8 heteroatoms.